The maximum absolute atomic E-state index is 12.4. The summed E-state index contributed by atoms with van der Waals surface area (Å²) < 4.78 is 13.1. The third-order valence-electron chi connectivity index (χ3n) is 4.40. The van der Waals surface area contributed by atoms with E-state index in [0.717, 1.165) is 5.56 Å². The molecule has 0 saturated carbocycles. The first-order valence-corrected chi connectivity index (χ1v) is 11.8. The zero-order valence-electron chi connectivity index (χ0n) is 17.9. The number of methoxy groups -OCH3 is 1. The van der Waals surface area contributed by atoms with Crippen molar-refractivity contribution in [3.8, 4) is 11.5 Å². The summed E-state index contributed by atoms with van der Waals surface area (Å²) in [6, 6.07) is 8.65. The number of thioether (sulfide) groups is 1. The molecule has 0 aliphatic rings. The van der Waals surface area contributed by atoms with Gasteiger partial charge in [0.2, 0.25) is 5.91 Å². The molecule has 2 aromatic carbocycles. The van der Waals surface area contributed by atoms with Gasteiger partial charge in [-0.25, -0.2) is 0 Å². The van der Waals surface area contributed by atoms with Gasteiger partial charge >= 0.3 is 0 Å². The van der Waals surface area contributed by atoms with Gasteiger partial charge in [-0.05, 0) is 36.8 Å². The molecule has 1 heterocycles. The van der Waals surface area contributed by atoms with Crippen LogP contribution in [0.4, 0.5) is 5.69 Å². The van der Waals surface area contributed by atoms with E-state index in [-0.39, 0.29) is 18.3 Å². The number of anilines is 1. The van der Waals surface area contributed by atoms with Crippen molar-refractivity contribution in [2.45, 2.75) is 25.2 Å². The number of amides is 1. The van der Waals surface area contributed by atoms with Crippen molar-refractivity contribution in [2.75, 3.05) is 18.2 Å². The minimum absolute atomic E-state index is 0.0818. The molecule has 0 spiro atoms. The molecule has 11 heteroatoms. The molecule has 174 valence electrons. The minimum atomic E-state index is -0.282. The summed E-state index contributed by atoms with van der Waals surface area (Å²) in [7, 11) is 1.59. The predicted molar refractivity (Wildman–Crippen MR) is 133 cm³/mol. The molecule has 1 aromatic heterocycles. The molecular weight excluding hydrogens is 507 g/mol. The van der Waals surface area contributed by atoms with E-state index in [0.29, 0.717) is 49.8 Å². The Hall–Kier alpha value is -2.39. The third kappa shape index (κ3) is 6.57. The summed E-state index contributed by atoms with van der Waals surface area (Å²) in [5.74, 6) is 1.63. The van der Waals surface area contributed by atoms with Crippen LogP contribution in [0.15, 0.2) is 48.1 Å². The number of aromatic nitrogens is 3. The SMILES string of the molecule is C=CCn1c(COc2ccc(C)cc2OC)nnc1SCC(=O)Nc1cc(Cl)c(Cl)cc1Cl. The van der Waals surface area contributed by atoms with Crippen molar-refractivity contribution in [2.24, 2.45) is 0 Å². The van der Waals surface area contributed by atoms with Gasteiger partial charge in [0.1, 0.15) is 6.61 Å². The highest BCUT2D eigenvalue weighted by molar-refractivity contribution is 7.99. The van der Waals surface area contributed by atoms with Crippen LogP contribution in [0.25, 0.3) is 0 Å². The first-order valence-electron chi connectivity index (χ1n) is 9.70. The average molecular weight is 528 g/mol. The maximum atomic E-state index is 12.4. The normalized spacial score (nSPS) is 10.7. The molecule has 33 heavy (non-hydrogen) atoms. The number of carbonyl (C=O) groups is 1. The van der Waals surface area contributed by atoms with E-state index in [9.17, 15) is 4.79 Å². The van der Waals surface area contributed by atoms with Crippen LogP contribution in [0.5, 0.6) is 11.5 Å². The molecule has 0 saturated heterocycles. The Bertz CT molecular complexity index is 1170. The minimum Gasteiger partial charge on any atom is -0.493 e. The highest BCUT2D eigenvalue weighted by atomic mass is 35.5. The van der Waals surface area contributed by atoms with Crippen LogP contribution in [0, 0.1) is 6.92 Å². The Morgan fingerprint density at radius 2 is 1.91 bits per heavy atom. The lowest BCUT2D eigenvalue weighted by Crippen LogP contribution is -2.15. The highest BCUT2D eigenvalue weighted by Crippen LogP contribution is 2.32. The standard InChI is InChI=1S/C22H21Cl3N4O3S/c1-4-7-29-20(11-32-18-6-5-13(2)8-19(18)31-3)27-28-22(29)33-12-21(30)26-17-10-15(24)14(23)9-16(17)25/h4-6,8-10H,1,7,11-12H2,2-3H3,(H,26,30). The summed E-state index contributed by atoms with van der Waals surface area (Å²) in [6.45, 7) is 6.39. The van der Waals surface area contributed by atoms with Crippen molar-refractivity contribution in [1.29, 1.82) is 0 Å². The number of ether oxygens (including phenoxy) is 2. The molecule has 0 unspecified atom stereocenters. The fourth-order valence-corrected chi connectivity index (χ4v) is 4.18. The van der Waals surface area contributed by atoms with Crippen molar-refractivity contribution in [1.82, 2.24) is 14.8 Å². The third-order valence-corrected chi connectivity index (χ3v) is 6.40. The van der Waals surface area contributed by atoms with Crippen LogP contribution in [0.1, 0.15) is 11.4 Å². The molecule has 0 radical (unpaired) electrons. The molecule has 3 rings (SSSR count). The number of hydrogen-bond donors (Lipinski definition) is 1. The summed E-state index contributed by atoms with van der Waals surface area (Å²) in [4.78, 5) is 12.4. The number of allylic oxidation sites excluding steroid dienone is 1. The number of nitrogens with one attached hydrogen (secondary N) is 1. The van der Waals surface area contributed by atoms with E-state index < -0.39 is 0 Å². The Balaban J connectivity index is 1.66. The van der Waals surface area contributed by atoms with E-state index in [1.54, 1.807) is 13.2 Å². The summed E-state index contributed by atoms with van der Waals surface area (Å²) >= 11 is 19.3. The fourth-order valence-electron chi connectivity index (χ4n) is 2.82. The van der Waals surface area contributed by atoms with Crippen LogP contribution >= 0.6 is 46.6 Å². The molecular formula is C22H21Cl3N4O3S. The smallest absolute Gasteiger partial charge is 0.234 e. The molecule has 0 bridgehead atoms. The number of benzene rings is 2. The van der Waals surface area contributed by atoms with E-state index in [4.69, 9.17) is 44.3 Å². The van der Waals surface area contributed by atoms with Crippen LogP contribution < -0.4 is 14.8 Å². The maximum Gasteiger partial charge on any atom is 0.234 e. The molecule has 0 aliphatic heterocycles. The molecule has 3 aromatic rings. The summed E-state index contributed by atoms with van der Waals surface area (Å²) in [6.07, 6.45) is 1.72. The van der Waals surface area contributed by atoms with E-state index in [1.165, 1.54) is 23.9 Å². The van der Waals surface area contributed by atoms with Gasteiger partial charge in [-0.1, -0.05) is 58.7 Å². The Morgan fingerprint density at radius 1 is 1.15 bits per heavy atom. The highest BCUT2D eigenvalue weighted by Gasteiger charge is 2.16. The van der Waals surface area contributed by atoms with Crippen molar-refractivity contribution in [3.63, 3.8) is 0 Å². The number of rotatable bonds is 10. The van der Waals surface area contributed by atoms with E-state index >= 15 is 0 Å². The summed E-state index contributed by atoms with van der Waals surface area (Å²) in [5.41, 5.74) is 1.44. The van der Waals surface area contributed by atoms with Gasteiger partial charge in [0.25, 0.3) is 0 Å². The number of carbonyl (C=O) groups excluding carboxylic acids is 1. The molecule has 0 aliphatic carbocycles. The Labute approximate surface area is 211 Å². The number of nitrogens with zero attached hydrogens (tertiary/aromatic N) is 3. The first-order chi connectivity index (χ1) is 15.8. The molecule has 7 nitrogen and oxygen atoms in total. The largest absolute Gasteiger partial charge is 0.493 e. The Kier molecular flexibility index (Phi) is 8.91. The summed E-state index contributed by atoms with van der Waals surface area (Å²) in [5, 5.41) is 12.6. The van der Waals surface area contributed by atoms with Gasteiger partial charge in [-0.15, -0.1) is 16.8 Å². The lowest BCUT2D eigenvalue weighted by atomic mass is 10.2. The zero-order chi connectivity index (χ0) is 24.0. The van der Waals surface area contributed by atoms with E-state index in [1.807, 2.05) is 29.7 Å². The van der Waals surface area contributed by atoms with Gasteiger partial charge in [0.05, 0.1) is 33.6 Å². The molecule has 1 amide bonds. The second-order valence-corrected chi connectivity index (χ2v) is 8.99. The van der Waals surface area contributed by atoms with Gasteiger partial charge in [-0.3, -0.25) is 9.36 Å². The number of hydrogen-bond acceptors (Lipinski definition) is 6. The van der Waals surface area contributed by atoms with E-state index in [2.05, 4.69) is 22.1 Å². The van der Waals surface area contributed by atoms with Crippen LogP contribution in [-0.2, 0) is 17.9 Å². The fraction of sp³-hybridized carbons (Fsp3) is 0.227. The van der Waals surface area contributed by atoms with Gasteiger partial charge < -0.3 is 14.8 Å². The van der Waals surface area contributed by atoms with Crippen molar-refractivity contribution < 1.29 is 14.3 Å². The van der Waals surface area contributed by atoms with Crippen molar-refractivity contribution >= 4 is 58.2 Å². The van der Waals surface area contributed by atoms with Gasteiger partial charge in [0, 0.05) is 6.54 Å². The first kappa shape index (κ1) is 25.2. The van der Waals surface area contributed by atoms with Gasteiger partial charge in [-0.2, -0.15) is 0 Å². The zero-order valence-corrected chi connectivity index (χ0v) is 21.0. The average Bonchev–Trinajstić information content (AvgIpc) is 3.16. The Morgan fingerprint density at radius 3 is 2.64 bits per heavy atom. The molecule has 0 atom stereocenters. The number of halogens is 3. The van der Waals surface area contributed by atoms with Crippen LogP contribution in [0.2, 0.25) is 15.1 Å². The molecule has 0 fully saturated rings. The number of aryl methyl sites for hydroxylation is 1. The molecule has 1 N–H and O–H groups in total. The second-order valence-electron chi connectivity index (χ2n) is 6.82. The van der Waals surface area contributed by atoms with Gasteiger partial charge in [0.15, 0.2) is 22.5 Å². The quantitative estimate of drug-likeness (QED) is 0.196. The predicted octanol–water partition coefficient (Wildman–Crippen LogP) is 6.05. The lowest BCUT2D eigenvalue weighted by Gasteiger charge is -2.12. The second kappa shape index (κ2) is 11.7. The lowest BCUT2D eigenvalue weighted by molar-refractivity contribution is -0.113. The van der Waals surface area contributed by atoms with Crippen LogP contribution in [0.3, 0.4) is 0 Å². The monoisotopic (exact) mass is 526 g/mol. The topological polar surface area (TPSA) is 78.3 Å². The van der Waals surface area contributed by atoms with Crippen LogP contribution in [-0.4, -0.2) is 33.5 Å². The van der Waals surface area contributed by atoms with Crippen molar-refractivity contribution in [3.05, 3.63) is 69.4 Å².